The van der Waals surface area contributed by atoms with E-state index in [9.17, 15) is 10.1 Å². The molecule has 11 heteroatoms. The van der Waals surface area contributed by atoms with Gasteiger partial charge in [-0.3, -0.25) is 15.5 Å². The number of methoxy groups -OCH3 is 1. The van der Waals surface area contributed by atoms with Gasteiger partial charge in [0, 0.05) is 12.1 Å². The number of benzene rings is 1. The van der Waals surface area contributed by atoms with Crippen molar-refractivity contribution in [2.75, 3.05) is 12.4 Å². The van der Waals surface area contributed by atoms with Gasteiger partial charge in [0.05, 0.1) is 17.7 Å². The Balaban J connectivity index is 0.000000711. The molecule has 0 saturated carbocycles. The second-order valence-electron chi connectivity index (χ2n) is 2.92. The average molecular weight is 273 g/mol. The van der Waals surface area contributed by atoms with Gasteiger partial charge in [-0.1, -0.05) is 0 Å². The summed E-state index contributed by atoms with van der Waals surface area (Å²) in [5, 5.41) is 33.6. The third-order valence-electron chi connectivity index (χ3n) is 1.66. The quantitative estimate of drug-likeness (QED) is 0.267. The van der Waals surface area contributed by atoms with Crippen LogP contribution in [-0.2, 0) is 0 Å². The van der Waals surface area contributed by atoms with Gasteiger partial charge >= 0.3 is 0 Å². The van der Waals surface area contributed by atoms with Crippen LogP contribution in [0.2, 0.25) is 0 Å². The van der Waals surface area contributed by atoms with E-state index in [0.29, 0.717) is 11.4 Å². The molecule has 0 aliphatic rings. The van der Waals surface area contributed by atoms with Gasteiger partial charge in [0.2, 0.25) is 0 Å². The lowest BCUT2D eigenvalue weighted by Crippen LogP contribution is -2.20. The Morgan fingerprint density at radius 2 is 2.00 bits per heavy atom. The van der Waals surface area contributed by atoms with Crippen LogP contribution >= 0.6 is 0 Å². The molecule has 0 amide bonds. The first kappa shape index (κ1) is 15.9. The van der Waals surface area contributed by atoms with Gasteiger partial charge in [0.15, 0.2) is 5.96 Å². The fourth-order valence-corrected chi connectivity index (χ4v) is 1.05. The van der Waals surface area contributed by atoms with Gasteiger partial charge in [-0.25, -0.2) is 0 Å². The van der Waals surface area contributed by atoms with Crippen molar-refractivity contribution >= 4 is 17.3 Å². The Morgan fingerprint density at radius 1 is 1.47 bits per heavy atom. The van der Waals surface area contributed by atoms with Crippen molar-refractivity contribution in [1.82, 2.24) is 0 Å². The van der Waals surface area contributed by atoms with Crippen LogP contribution < -0.4 is 15.8 Å². The van der Waals surface area contributed by atoms with Crippen molar-refractivity contribution < 1.29 is 20.0 Å². The molecule has 1 aromatic carbocycles. The van der Waals surface area contributed by atoms with E-state index < -0.39 is 10.0 Å². The average Bonchev–Trinajstić information content (AvgIpc) is 2.27. The number of nitro benzene ring substituents is 1. The van der Waals surface area contributed by atoms with Crippen LogP contribution in [0.1, 0.15) is 0 Å². The predicted octanol–water partition coefficient (Wildman–Crippen LogP) is 0.561. The molecule has 0 atom stereocenters. The SMILES string of the molecule is COc1ccc([N+](=O)[O-])cc1NC(=N)N.O=[N+]([O-])O. The zero-order valence-corrected chi connectivity index (χ0v) is 9.69. The van der Waals surface area contributed by atoms with Crippen LogP contribution in [0.15, 0.2) is 18.2 Å². The van der Waals surface area contributed by atoms with Crippen molar-refractivity contribution in [1.29, 1.82) is 5.41 Å². The van der Waals surface area contributed by atoms with E-state index in [0.717, 1.165) is 0 Å². The summed E-state index contributed by atoms with van der Waals surface area (Å²) in [5.74, 6) is 0.0737. The molecule has 0 saturated heterocycles. The zero-order chi connectivity index (χ0) is 15.0. The van der Waals surface area contributed by atoms with Crippen molar-refractivity contribution in [2.45, 2.75) is 0 Å². The molecule has 104 valence electrons. The summed E-state index contributed by atoms with van der Waals surface area (Å²) in [6.07, 6.45) is 0. The molecular formula is C8H11N5O6. The van der Waals surface area contributed by atoms with Crippen molar-refractivity contribution in [2.24, 2.45) is 5.73 Å². The van der Waals surface area contributed by atoms with E-state index in [2.05, 4.69) is 5.32 Å². The maximum atomic E-state index is 10.5. The number of rotatable bonds is 3. The molecular weight excluding hydrogens is 262 g/mol. The molecule has 19 heavy (non-hydrogen) atoms. The van der Waals surface area contributed by atoms with Gasteiger partial charge < -0.3 is 21.0 Å². The van der Waals surface area contributed by atoms with Crippen LogP contribution in [0.25, 0.3) is 0 Å². The number of nitrogens with two attached hydrogens (primary N) is 1. The molecule has 0 radical (unpaired) electrons. The summed E-state index contributed by atoms with van der Waals surface area (Å²) in [5.41, 5.74) is 5.31. The van der Waals surface area contributed by atoms with Crippen molar-refractivity contribution in [3.63, 3.8) is 0 Å². The van der Waals surface area contributed by atoms with Gasteiger partial charge in [-0.2, -0.15) is 0 Å². The summed E-state index contributed by atoms with van der Waals surface area (Å²) in [7, 11) is 1.42. The minimum atomic E-state index is -1.50. The van der Waals surface area contributed by atoms with E-state index in [1.807, 2.05) is 0 Å². The fraction of sp³-hybridized carbons (Fsp3) is 0.125. The largest absolute Gasteiger partial charge is 0.495 e. The Labute approximate surface area is 106 Å². The van der Waals surface area contributed by atoms with Crippen LogP contribution in [0.4, 0.5) is 11.4 Å². The predicted molar refractivity (Wildman–Crippen MR) is 64.0 cm³/mol. The summed E-state index contributed by atoms with van der Waals surface area (Å²) in [6, 6.07) is 3.99. The standard InChI is InChI=1S/C8H10N4O3.HNO3/c1-15-7-3-2-5(12(13)14)4-6(7)11-8(9)10;2-1(3)4/h2-4H,1H3,(H4,9,10,11);(H,2,3,4). The molecule has 1 rings (SSSR count). The molecule has 0 aromatic heterocycles. The topological polar surface area (TPSA) is 178 Å². The molecule has 0 unspecified atom stereocenters. The Kier molecular flexibility index (Phi) is 6.07. The first-order chi connectivity index (χ1) is 8.77. The first-order valence-corrected chi connectivity index (χ1v) is 4.54. The maximum absolute atomic E-state index is 10.5. The molecule has 1 aromatic rings. The summed E-state index contributed by atoms with van der Waals surface area (Å²) >= 11 is 0. The Morgan fingerprint density at radius 3 is 2.37 bits per heavy atom. The molecule has 5 N–H and O–H groups in total. The highest BCUT2D eigenvalue weighted by atomic mass is 16.9. The molecule has 0 bridgehead atoms. The van der Waals surface area contributed by atoms with E-state index >= 15 is 0 Å². The van der Waals surface area contributed by atoms with Gasteiger partial charge in [-0.05, 0) is 6.07 Å². The monoisotopic (exact) mass is 273 g/mol. The van der Waals surface area contributed by atoms with E-state index in [-0.39, 0.29) is 11.6 Å². The number of nitrogens with zero attached hydrogens (tertiary/aromatic N) is 2. The molecule has 0 fully saturated rings. The van der Waals surface area contributed by atoms with E-state index in [1.54, 1.807) is 0 Å². The van der Waals surface area contributed by atoms with Gasteiger partial charge in [0.25, 0.3) is 10.8 Å². The smallest absolute Gasteiger partial charge is 0.291 e. The van der Waals surface area contributed by atoms with Crippen molar-refractivity contribution in [3.05, 3.63) is 38.4 Å². The molecule has 0 aliphatic heterocycles. The van der Waals surface area contributed by atoms with Crippen LogP contribution in [0, 0.1) is 25.6 Å². The lowest BCUT2D eigenvalue weighted by molar-refractivity contribution is -0.742. The number of ether oxygens (including phenoxy) is 1. The fourth-order valence-electron chi connectivity index (χ4n) is 1.05. The Hall–Kier alpha value is -3.11. The molecule has 0 heterocycles. The highest BCUT2D eigenvalue weighted by Gasteiger charge is 2.11. The van der Waals surface area contributed by atoms with Crippen molar-refractivity contribution in [3.8, 4) is 5.75 Å². The minimum Gasteiger partial charge on any atom is -0.495 e. The lowest BCUT2D eigenvalue weighted by Gasteiger charge is -2.08. The maximum Gasteiger partial charge on any atom is 0.291 e. The van der Waals surface area contributed by atoms with Crippen LogP contribution in [0.3, 0.4) is 0 Å². The number of hydrogen-bond acceptors (Lipinski definition) is 6. The number of anilines is 1. The number of nitro groups is 1. The highest BCUT2D eigenvalue weighted by Crippen LogP contribution is 2.28. The second kappa shape index (κ2) is 7.26. The minimum absolute atomic E-state index is 0.0976. The molecule has 11 nitrogen and oxygen atoms in total. The third kappa shape index (κ3) is 6.25. The number of hydrogen-bond donors (Lipinski definition) is 4. The summed E-state index contributed by atoms with van der Waals surface area (Å²) < 4.78 is 4.94. The van der Waals surface area contributed by atoms with E-state index in [1.165, 1.54) is 25.3 Å². The van der Waals surface area contributed by atoms with E-state index in [4.69, 9.17) is 31.2 Å². The van der Waals surface area contributed by atoms with Gasteiger partial charge in [-0.15, -0.1) is 10.1 Å². The molecule has 0 spiro atoms. The summed E-state index contributed by atoms with van der Waals surface area (Å²) in [4.78, 5) is 18.3. The normalized spacial score (nSPS) is 8.68. The third-order valence-corrected chi connectivity index (χ3v) is 1.66. The Bertz CT molecular complexity index is 487. The zero-order valence-electron chi connectivity index (χ0n) is 9.69. The number of non-ortho nitro benzene ring substituents is 1. The highest BCUT2D eigenvalue weighted by molar-refractivity contribution is 5.91. The van der Waals surface area contributed by atoms with Gasteiger partial charge in [0.1, 0.15) is 5.75 Å². The molecule has 0 aliphatic carbocycles. The van der Waals surface area contributed by atoms with Crippen LogP contribution in [0.5, 0.6) is 5.75 Å². The lowest BCUT2D eigenvalue weighted by atomic mass is 10.2. The number of guanidine groups is 1. The summed E-state index contributed by atoms with van der Waals surface area (Å²) in [6.45, 7) is 0. The second-order valence-corrected chi connectivity index (χ2v) is 2.92. The number of nitrogens with one attached hydrogen (secondary N) is 2. The first-order valence-electron chi connectivity index (χ1n) is 4.54. The van der Waals surface area contributed by atoms with Crippen LogP contribution in [-0.4, -0.2) is 28.3 Å².